The van der Waals surface area contributed by atoms with Crippen LogP contribution in [0.4, 0.5) is 10.1 Å². The molecule has 7 nitrogen and oxygen atoms in total. The van der Waals surface area contributed by atoms with Crippen LogP contribution in [0.25, 0.3) is 0 Å². The number of halogens is 1. The number of benzene rings is 2. The summed E-state index contributed by atoms with van der Waals surface area (Å²) < 4.78 is 13.2. The van der Waals surface area contributed by atoms with Gasteiger partial charge >= 0.3 is 0 Å². The van der Waals surface area contributed by atoms with Crippen LogP contribution in [0.15, 0.2) is 48.5 Å². The monoisotopic (exact) mass is 400 g/mol. The summed E-state index contributed by atoms with van der Waals surface area (Å²) in [7, 11) is 3.36. The van der Waals surface area contributed by atoms with E-state index in [1.165, 1.54) is 29.2 Å². The molecule has 0 aromatic heterocycles. The van der Waals surface area contributed by atoms with Crippen molar-refractivity contribution in [2.75, 3.05) is 32.1 Å². The first-order valence-electron chi connectivity index (χ1n) is 9.14. The highest BCUT2D eigenvalue weighted by Gasteiger charge is 2.18. The van der Waals surface area contributed by atoms with Crippen molar-refractivity contribution in [1.29, 1.82) is 0 Å². The largest absolute Gasteiger partial charge is 0.370 e. The zero-order valence-electron chi connectivity index (χ0n) is 16.5. The third-order valence-corrected chi connectivity index (χ3v) is 4.32. The van der Waals surface area contributed by atoms with E-state index in [-0.39, 0.29) is 31.3 Å². The molecule has 0 aliphatic rings. The summed E-state index contributed by atoms with van der Waals surface area (Å²) in [6.45, 7) is 0.703. The minimum atomic E-state index is -0.519. The number of carbonyl (C=O) groups is 3. The number of anilines is 1. The number of primary amides is 1. The Morgan fingerprint density at radius 2 is 1.66 bits per heavy atom. The van der Waals surface area contributed by atoms with Crippen LogP contribution in [-0.2, 0) is 16.1 Å². The lowest BCUT2D eigenvalue weighted by atomic mass is 10.1. The Labute approximate surface area is 169 Å². The normalized spacial score (nSPS) is 10.6. The summed E-state index contributed by atoms with van der Waals surface area (Å²) in [4.78, 5) is 38.8. The predicted octanol–water partition coefficient (Wildman–Crippen LogP) is 1.53. The number of nitrogens with two attached hydrogens (primary N) is 1. The smallest absolute Gasteiger partial charge is 0.251 e. The van der Waals surface area contributed by atoms with Gasteiger partial charge in [0, 0.05) is 37.8 Å². The Balaban J connectivity index is 2.04. The number of hydrogen-bond donors (Lipinski definition) is 2. The fraction of sp³-hybridized carbons (Fsp3) is 0.286. The number of rotatable bonds is 9. The Hall–Kier alpha value is -3.26. The summed E-state index contributed by atoms with van der Waals surface area (Å²) in [6.07, 6.45) is 0.00772. The number of likely N-dealkylation sites (N-methyl/N-ethyl adjacent to an activating group) is 1. The lowest BCUT2D eigenvalue weighted by molar-refractivity contribution is -0.120. The summed E-state index contributed by atoms with van der Waals surface area (Å²) in [5.41, 5.74) is 7.22. The molecule has 8 heteroatoms. The molecule has 0 aliphatic carbocycles. The second-order valence-corrected chi connectivity index (χ2v) is 6.69. The van der Waals surface area contributed by atoms with Crippen molar-refractivity contribution in [3.8, 4) is 0 Å². The maximum absolute atomic E-state index is 13.2. The van der Waals surface area contributed by atoms with Crippen LogP contribution in [0.5, 0.6) is 0 Å². The van der Waals surface area contributed by atoms with Gasteiger partial charge in [0.1, 0.15) is 5.82 Å². The second-order valence-electron chi connectivity index (χ2n) is 6.69. The lowest BCUT2D eigenvalue weighted by Gasteiger charge is -2.25. The highest BCUT2D eigenvalue weighted by molar-refractivity contribution is 5.95. The summed E-state index contributed by atoms with van der Waals surface area (Å²) in [5.74, 6) is -1.32. The van der Waals surface area contributed by atoms with E-state index >= 15 is 0 Å². The molecule has 0 spiro atoms. The van der Waals surface area contributed by atoms with E-state index in [1.54, 1.807) is 26.2 Å². The topological polar surface area (TPSA) is 95.7 Å². The van der Waals surface area contributed by atoms with Gasteiger partial charge in [0.15, 0.2) is 0 Å². The average molecular weight is 400 g/mol. The van der Waals surface area contributed by atoms with Crippen LogP contribution in [0.3, 0.4) is 0 Å². The Bertz CT molecular complexity index is 853. The molecule has 3 N–H and O–H groups in total. The van der Waals surface area contributed by atoms with Gasteiger partial charge in [0.2, 0.25) is 11.8 Å². The van der Waals surface area contributed by atoms with Crippen LogP contribution in [-0.4, -0.2) is 49.8 Å². The summed E-state index contributed by atoms with van der Waals surface area (Å²) in [5, 5.41) is 2.56. The van der Waals surface area contributed by atoms with Crippen molar-refractivity contribution in [2.45, 2.75) is 13.0 Å². The highest BCUT2D eigenvalue weighted by Crippen LogP contribution is 2.16. The molecule has 3 amide bonds. The molecular formula is C21H25FN4O3. The Morgan fingerprint density at radius 3 is 2.21 bits per heavy atom. The number of nitrogens with zero attached hydrogens (tertiary/aromatic N) is 2. The van der Waals surface area contributed by atoms with Crippen LogP contribution in [0, 0.1) is 5.82 Å². The second kappa shape index (κ2) is 10.3. The predicted molar refractivity (Wildman–Crippen MR) is 109 cm³/mol. The lowest BCUT2D eigenvalue weighted by Crippen LogP contribution is -2.40. The Kier molecular flexibility index (Phi) is 7.85. The molecule has 0 saturated heterocycles. The molecule has 0 unspecified atom stereocenters. The van der Waals surface area contributed by atoms with Crippen molar-refractivity contribution >= 4 is 23.4 Å². The zero-order valence-corrected chi connectivity index (χ0v) is 16.5. The molecule has 0 fully saturated rings. The van der Waals surface area contributed by atoms with Gasteiger partial charge in [-0.1, -0.05) is 12.1 Å². The third-order valence-electron chi connectivity index (χ3n) is 4.32. The molecule has 0 radical (unpaired) electrons. The van der Waals surface area contributed by atoms with E-state index in [9.17, 15) is 18.8 Å². The van der Waals surface area contributed by atoms with Gasteiger partial charge in [0.05, 0.1) is 6.54 Å². The van der Waals surface area contributed by atoms with E-state index in [1.807, 2.05) is 17.0 Å². The van der Waals surface area contributed by atoms with Gasteiger partial charge < -0.3 is 16.0 Å². The molecule has 29 heavy (non-hydrogen) atoms. The molecule has 2 aromatic carbocycles. The maximum Gasteiger partial charge on any atom is 0.251 e. The average Bonchev–Trinajstić information content (AvgIpc) is 2.69. The van der Waals surface area contributed by atoms with Crippen molar-refractivity contribution in [1.82, 2.24) is 10.2 Å². The van der Waals surface area contributed by atoms with Crippen molar-refractivity contribution in [3.05, 3.63) is 65.5 Å². The molecule has 0 heterocycles. The van der Waals surface area contributed by atoms with E-state index < -0.39 is 11.7 Å². The quantitative estimate of drug-likeness (QED) is 0.667. The fourth-order valence-corrected chi connectivity index (χ4v) is 2.83. The first kappa shape index (κ1) is 22.0. The van der Waals surface area contributed by atoms with Crippen LogP contribution >= 0.6 is 0 Å². The summed E-state index contributed by atoms with van der Waals surface area (Å²) in [6, 6.07) is 12.6. The molecular weight excluding hydrogens is 375 g/mol. The summed E-state index contributed by atoms with van der Waals surface area (Å²) >= 11 is 0. The molecule has 154 valence electrons. The van der Waals surface area contributed by atoms with Gasteiger partial charge in [-0.3, -0.25) is 19.3 Å². The molecule has 2 aromatic rings. The first-order chi connectivity index (χ1) is 13.8. The third kappa shape index (κ3) is 6.69. The maximum atomic E-state index is 13.2. The van der Waals surface area contributed by atoms with Gasteiger partial charge in [-0.05, 0) is 49.0 Å². The molecule has 0 saturated carbocycles. The number of carbonyl (C=O) groups excluding carboxylic acids is 3. The number of nitrogens with one attached hydrogen (secondary N) is 1. The van der Waals surface area contributed by atoms with Crippen molar-refractivity contribution < 1.29 is 18.8 Å². The molecule has 0 atom stereocenters. The van der Waals surface area contributed by atoms with E-state index in [2.05, 4.69) is 5.32 Å². The fourth-order valence-electron chi connectivity index (χ4n) is 2.83. The standard InChI is InChI=1S/C21H25FN4O3/c1-24-21(29)16-5-3-15(4-6-16)13-25(2)14-20(28)26(12-11-19(23)27)18-9-7-17(22)8-10-18/h3-10H,11-14H2,1-2H3,(H2,23,27)(H,24,29). The molecule has 0 bridgehead atoms. The zero-order chi connectivity index (χ0) is 21.4. The molecule has 0 aliphatic heterocycles. The van der Waals surface area contributed by atoms with Gasteiger partial charge in [-0.15, -0.1) is 0 Å². The van der Waals surface area contributed by atoms with E-state index in [4.69, 9.17) is 5.73 Å². The van der Waals surface area contributed by atoms with Gasteiger partial charge in [-0.25, -0.2) is 4.39 Å². The van der Waals surface area contributed by atoms with E-state index in [0.29, 0.717) is 17.8 Å². The van der Waals surface area contributed by atoms with E-state index in [0.717, 1.165) is 5.56 Å². The Morgan fingerprint density at radius 1 is 1.03 bits per heavy atom. The minimum Gasteiger partial charge on any atom is -0.370 e. The van der Waals surface area contributed by atoms with Gasteiger partial charge in [-0.2, -0.15) is 0 Å². The highest BCUT2D eigenvalue weighted by atomic mass is 19.1. The number of hydrogen-bond acceptors (Lipinski definition) is 4. The van der Waals surface area contributed by atoms with Crippen LogP contribution in [0.1, 0.15) is 22.3 Å². The van der Waals surface area contributed by atoms with Crippen molar-refractivity contribution in [2.24, 2.45) is 5.73 Å². The van der Waals surface area contributed by atoms with Crippen molar-refractivity contribution in [3.63, 3.8) is 0 Å². The molecule has 2 rings (SSSR count). The number of amides is 3. The minimum absolute atomic E-state index is 0.00772. The first-order valence-corrected chi connectivity index (χ1v) is 9.14. The van der Waals surface area contributed by atoms with Crippen LogP contribution < -0.4 is 16.0 Å². The van der Waals surface area contributed by atoms with Gasteiger partial charge in [0.25, 0.3) is 5.91 Å². The SMILES string of the molecule is CNC(=O)c1ccc(CN(C)CC(=O)N(CCC(N)=O)c2ccc(F)cc2)cc1. The van der Waals surface area contributed by atoms with Crippen LogP contribution in [0.2, 0.25) is 0 Å².